The molecular formula is C11H16N2O2. The number of nitrogens with zero attached hydrogens (tertiary/aromatic N) is 1. The molecule has 0 saturated carbocycles. The summed E-state index contributed by atoms with van der Waals surface area (Å²) in [5.41, 5.74) is 3.63. The van der Waals surface area contributed by atoms with Crippen molar-refractivity contribution in [2.45, 2.75) is 20.8 Å². The first kappa shape index (κ1) is 11.7. The predicted molar refractivity (Wildman–Crippen MR) is 57.2 cm³/mol. The van der Waals surface area contributed by atoms with Crippen molar-refractivity contribution < 1.29 is 9.63 Å². The smallest absolute Gasteiger partial charge is 0.273 e. The molecule has 0 unspecified atom stereocenters. The van der Waals surface area contributed by atoms with E-state index in [1.807, 2.05) is 13.8 Å². The SMILES string of the molecule is Cc1ncccc1C(=O)NOCC(C)C. The fraction of sp³-hybridized carbons (Fsp3) is 0.455. The molecule has 0 aliphatic rings. The minimum Gasteiger partial charge on any atom is -0.273 e. The van der Waals surface area contributed by atoms with E-state index >= 15 is 0 Å². The maximum absolute atomic E-state index is 11.6. The number of nitrogens with one attached hydrogen (secondary N) is 1. The van der Waals surface area contributed by atoms with E-state index in [0.717, 1.165) is 0 Å². The molecular weight excluding hydrogens is 192 g/mol. The number of pyridine rings is 1. The van der Waals surface area contributed by atoms with Crippen molar-refractivity contribution in [2.75, 3.05) is 6.61 Å². The average Bonchev–Trinajstić information content (AvgIpc) is 2.17. The molecule has 82 valence electrons. The zero-order chi connectivity index (χ0) is 11.3. The van der Waals surface area contributed by atoms with E-state index in [0.29, 0.717) is 23.8 Å². The van der Waals surface area contributed by atoms with Gasteiger partial charge < -0.3 is 0 Å². The third-order valence-electron chi connectivity index (χ3n) is 1.83. The second-order valence-electron chi connectivity index (χ2n) is 3.77. The summed E-state index contributed by atoms with van der Waals surface area (Å²) in [6, 6.07) is 3.45. The van der Waals surface area contributed by atoms with Gasteiger partial charge in [0.15, 0.2) is 0 Å². The Morgan fingerprint density at radius 1 is 1.60 bits per heavy atom. The van der Waals surface area contributed by atoms with Gasteiger partial charge in [0.1, 0.15) is 0 Å². The summed E-state index contributed by atoms with van der Waals surface area (Å²) >= 11 is 0. The van der Waals surface area contributed by atoms with Gasteiger partial charge in [0, 0.05) is 6.20 Å². The summed E-state index contributed by atoms with van der Waals surface area (Å²) in [5, 5.41) is 0. The van der Waals surface area contributed by atoms with Crippen LogP contribution in [0.25, 0.3) is 0 Å². The van der Waals surface area contributed by atoms with Crippen molar-refractivity contribution in [3.8, 4) is 0 Å². The van der Waals surface area contributed by atoms with E-state index in [2.05, 4.69) is 10.5 Å². The first-order valence-corrected chi connectivity index (χ1v) is 4.95. The lowest BCUT2D eigenvalue weighted by Gasteiger charge is -2.08. The number of amides is 1. The van der Waals surface area contributed by atoms with Crippen LogP contribution in [0.15, 0.2) is 18.3 Å². The van der Waals surface area contributed by atoms with E-state index in [9.17, 15) is 4.79 Å². The average molecular weight is 208 g/mol. The van der Waals surface area contributed by atoms with Gasteiger partial charge in [-0.2, -0.15) is 0 Å². The zero-order valence-corrected chi connectivity index (χ0v) is 9.28. The molecule has 0 aliphatic heterocycles. The number of carbonyl (C=O) groups is 1. The van der Waals surface area contributed by atoms with Gasteiger partial charge >= 0.3 is 0 Å². The number of hydrogen-bond acceptors (Lipinski definition) is 3. The van der Waals surface area contributed by atoms with Crippen LogP contribution in [0.4, 0.5) is 0 Å². The lowest BCUT2D eigenvalue weighted by atomic mass is 10.2. The molecule has 0 aromatic carbocycles. The van der Waals surface area contributed by atoms with Gasteiger partial charge in [0.2, 0.25) is 0 Å². The highest BCUT2D eigenvalue weighted by Gasteiger charge is 2.08. The molecule has 1 amide bonds. The summed E-state index contributed by atoms with van der Waals surface area (Å²) in [5.74, 6) is 0.140. The Balaban J connectivity index is 2.51. The van der Waals surface area contributed by atoms with Crippen LogP contribution >= 0.6 is 0 Å². The summed E-state index contributed by atoms with van der Waals surface area (Å²) in [6.07, 6.45) is 1.65. The van der Waals surface area contributed by atoms with Crippen LogP contribution in [0, 0.1) is 12.8 Å². The first-order chi connectivity index (χ1) is 7.11. The number of aryl methyl sites for hydroxylation is 1. The molecule has 0 atom stereocenters. The lowest BCUT2D eigenvalue weighted by Crippen LogP contribution is -2.26. The molecule has 1 rings (SSSR count). The van der Waals surface area contributed by atoms with Gasteiger partial charge in [0.25, 0.3) is 5.91 Å². The summed E-state index contributed by atoms with van der Waals surface area (Å²) in [4.78, 5) is 20.6. The maximum Gasteiger partial charge on any atom is 0.276 e. The molecule has 0 radical (unpaired) electrons. The van der Waals surface area contributed by atoms with Crippen molar-refractivity contribution in [2.24, 2.45) is 5.92 Å². The minimum atomic E-state index is -0.249. The number of carbonyl (C=O) groups excluding carboxylic acids is 1. The van der Waals surface area contributed by atoms with E-state index in [1.54, 1.807) is 25.3 Å². The minimum absolute atomic E-state index is 0.249. The second kappa shape index (κ2) is 5.46. The van der Waals surface area contributed by atoms with Gasteiger partial charge in [-0.15, -0.1) is 0 Å². The molecule has 0 spiro atoms. The van der Waals surface area contributed by atoms with Crippen molar-refractivity contribution in [3.63, 3.8) is 0 Å². The van der Waals surface area contributed by atoms with Crippen LogP contribution in [-0.4, -0.2) is 17.5 Å². The van der Waals surface area contributed by atoms with Crippen LogP contribution < -0.4 is 5.48 Å². The number of hydrogen-bond donors (Lipinski definition) is 1. The zero-order valence-electron chi connectivity index (χ0n) is 9.28. The Morgan fingerprint density at radius 3 is 2.93 bits per heavy atom. The summed E-state index contributed by atoms with van der Waals surface area (Å²) in [6.45, 7) is 6.32. The van der Waals surface area contributed by atoms with Crippen molar-refractivity contribution >= 4 is 5.91 Å². The maximum atomic E-state index is 11.6. The quantitative estimate of drug-likeness (QED) is 0.766. The monoisotopic (exact) mass is 208 g/mol. The number of aromatic nitrogens is 1. The second-order valence-corrected chi connectivity index (χ2v) is 3.77. The Bertz CT molecular complexity index is 337. The van der Waals surface area contributed by atoms with E-state index in [-0.39, 0.29) is 5.91 Å². The summed E-state index contributed by atoms with van der Waals surface area (Å²) < 4.78 is 0. The summed E-state index contributed by atoms with van der Waals surface area (Å²) in [7, 11) is 0. The van der Waals surface area contributed by atoms with Crippen LogP contribution in [0.2, 0.25) is 0 Å². The molecule has 0 bridgehead atoms. The van der Waals surface area contributed by atoms with Gasteiger partial charge in [-0.1, -0.05) is 13.8 Å². The molecule has 1 heterocycles. The lowest BCUT2D eigenvalue weighted by molar-refractivity contribution is 0.0208. The fourth-order valence-corrected chi connectivity index (χ4v) is 1.05. The Hall–Kier alpha value is -1.42. The molecule has 1 aromatic rings. The standard InChI is InChI=1S/C11H16N2O2/c1-8(2)7-15-13-11(14)10-5-4-6-12-9(10)3/h4-6,8H,7H2,1-3H3,(H,13,14). The largest absolute Gasteiger partial charge is 0.276 e. The fourth-order valence-electron chi connectivity index (χ4n) is 1.05. The number of rotatable bonds is 4. The molecule has 0 aliphatic carbocycles. The van der Waals surface area contributed by atoms with Crippen LogP contribution in [0.1, 0.15) is 29.9 Å². The van der Waals surface area contributed by atoms with Crippen LogP contribution in [-0.2, 0) is 4.84 Å². The van der Waals surface area contributed by atoms with Gasteiger partial charge in [0.05, 0.1) is 17.9 Å². The predicted octanol–water partition coefficient (Wildman–Crippen LogP) is 1.71. The van der Waals surface area contributed by atoms with Gasteiger partial charge in [-0.05, 0) is 25.0 Å². The Kier molecular flexibility index (Phi) is 4.24. The van der Waals surface area contributed by atoms with Crippen LogP contribution in [0.5, 0.6) is 0 Å². The molecule has 4 heteroatoms. The molecule has 4 nitrogen and oxygen atoms in total. The van der Waals surface area contributed by atoms with E-state index < -0.39 is 0 Å². The van der Waals surface area contributed by atoms with Crippen molar-refractivity contribution in [1.82, 2.24) is 10.5 Å². The first-order valence-electron chi connectivity index (χ1n) is 4.95. The Morgan fingerprint density at radius 2 is 2.33 bits per heavy atom. The normalized spacial score (nSPS) is 10.4. The van der Waals surface area contributed by atoms with Crippen molar-refractivity contribution in [3.05, 3.63) is 29.6 Å². The van der Waals surface area contributed by atoms with Gasteiger partial charge in [-0.25, -0.2) is 5.48 Å². The van der Waals surface area contributed by atoms with Crippen molar-refractivity contribution in [1.29, 1.82) is 0 Å². The van der Waals surface area contributed by atoms with E-state index in [4.69, 9.17) is 4.84 Å². The topological polar surface area (TPSA) is 51.2 Å². The number of hydroxylamine groups is 1. The van der Waals surface area contributed by atoms with E-state index in [1.165, 1.54) is 0 Å². The molecule has 0 saturated heterocycles. The highest BCUT2D eigenvalue weighted by Crippen LogP contribution is 2.03. The highest BCUT2D eigenvalue weighted by molar-refractivity contribution is 5.94. The third kappa shape index (κ3) is 3.67. The van der Waals surface area contributed by atoms with Crippen LogP contribution in [0.3, 0.4) is 0 Å². The Labute approximate surface area is 89.6 Å². The third-order valence-corrected chi connectivity index (χ3v) is 1.83. The molecule has 0 fully saturated rings. The highest BCUT2D eigenvalue weighted by atomic mass is 16.6. The molecule has 1 aromatic heterocycles. The molecule has 15 heavy (non-hydrogen) atoms. The molecule has 1 N–H and O–H groups in total. The van der Waals surface area contributed by atoms with Gasteiger partial charge in [-0.3, -0.25) is 14.6 Å².